The van der Waals surface area contributed by atoms with Gasteiger partial charge in [-0.3, -0.25) is 4.79 Å². The van der Waals surface area contributed by atoms with Crippen molar-refractivity contribution in [2.75, 3.05) is 11.9 Å². The fraction of sp³-hybridized carbons (Fsp3) is 0.625. The van der Waals surface area contributed by atoms with E-state index in [1.54, 1.807) is 6.20 Å². The zero-order chi connectivity index (χ0) is 15.4. The van der Waals surface area contributed by atoms with E-state index in [-0.39, 0.29) is 5.91 Å². The molecule has 2 heterocycles. The first kappa shape index (κ1) is 16.3. The summed E-state index contributed by atoms with van der Waals surface area (Å²) in [6.45, 7) is 7.19. The van der Waals surface area contributed by atoms with Crippen LogP contribution in [0.4, 0.5) is 5.82 Å². The molecule has 1 aliphatic rings. The largest absolute Gasteiger partial charge is 0.369 e. The van der Waals surface area contributed by atoms with Crippen molar-refractivity contribution < 1.29 is 4.79 Å². The molecule has 116 valence electrons. The second kappa shape index (κ2) is 7.25. The highest BCUT2D eigenvalue weighted by atomic mass is 79.9. The van der Waals surface area contributed by atoms with E-state index in [1.165, 1.54) is 6.42 Å². The van der Waals surface area contributed by atoms with Gasteiger partial charge in [0.1, 0.15) is 5.82 Å². The minimum absolute atomic E-state index is 0.0853. The first-order chi connectivity index (χ1) is 10.0. The van der Waals surface area contributed by atoms with Gasteiger partial charge in [0.15, 0.2) is 0 Å². The van der Waals surface area contributed by atoms with Gasteiger partial charge in [-0.1, -0.05) is 6.92 Å². The zero-order valence-electron chi connectivity index (χ0n) is 13.0. The highest BCUT2D eigenvalue weighted by Crippen LogP contribution is 2.27. The van der Waals surface area contributed by atoms with E-state index < -0.39 is 0 Å². The highest BCUT2D eigenvalue weighted by molar-refractivity contribution is 9.10. The number of hydrogen-bond donors (Lipinski definition) is 1. The van der Waals surface area contributed by atoms with Crippen LogP contribution >= 0.6 is 15.9 Å². The van der Waals surface area contributed by atoms with Crippen LogP contribution in [-0.4, -0.2) is 34.4 Å². The number of pyridine rings is 1. The highest BCUT2D eigenvalue weighted by Gasteiger charge is 2.31. The second-order valence-corrected chi connectivity index (χ2v) is 6.73. The van der Waals surface area contributed by atoms with E-state index >= 15 is 0 Å². The van der Waals surface area contributed by atoms with E-state index in [0.29, 0.717) is 23.5 Å². The number of likely N-dealkylation sites (tertiary alicyclic amines) is 1. The van der Waals surface area contributed by atoms with Gasteiger partial charge in [0, 0.05) is 29.3 Å². The van der Waals surface area contributed by atoms with Gasteiger partial charge < -0.3 is 10.2 Å². The van der Waals surface area contributed by atoms with Crippen molar-refractivity contribution in [3.05, 3.63) is 22.3 Å². The third kappa shape index (κ3) is 3.76. The lowest BCUT2D eigenvalue weighted by Gasteiger charge is -2.39. The summed E-state index contributed by atoms with van der Waals surface area (Å²) in [5.41, 5.74) is 0.665. The molecule has 1 fully saturated rings. The Kier molecular flexibility index (Phi) is 5.62. The van der Waals surface area contributed by atoms with Gasteiger partial charge >= 0.3 is 0 Å². The van der Waals surface area contributed by atoms with Gasteiger partial charge in [0.05, 0.1) is 5.56 Å². The molecule has 0 bridgehead atoms. The van der Waals surface area contributed by atoms with E-state index in [4.69, 9.17) is 0 Å². The topological polar surface area (TPSA) is 45.2 Å². The van der Waals surface area contributed by atoms with Gasteiger partial charge in [-0.2, -0.15) is 0 Å². The molecule has 1 aromatic rings. The molecule has 21 heavy (non-hydrogen) atoms. The fourth-order valence-electron chi connectivity index (χ4n) is 2.95. The lowest BCUT2D eigenvalue weighted by atomic mass is 9.96. The Morgan fingerprint density at radius 3 is 2.71 bits per heavy atom. The first-order valence-corrected chi connectivity index (χ1v) is 8.56. The van der Waals surface area contributed by atoms with Crippen molar-refractivity contribution in [3.63, 3.8) is 0 Å². The fourth-order valence-corrected chi connectivity index (χ4v) is 3.28. The van der Waals surface area contributed by atoms with Crippen LogP contribution in [0.25, 0.3) is 0 Å². The standard InChI is InChI=1S/C16H24BrN3O/c1-4-8-18-15-14(9-13(17)10-19-15)16(21)20-11(2)6-5-7-12(20)3/h9-12H,4-8H2,1-3H3,(H,18,19)/t11-,12+. The predicted molar refractivity (Wildman–Crippen MR) is 89.7 cm³/mol. The molecule has 2 atom stereocenters. The third-order valence-corrected chi connectivity index (χ3v) is 4.49. The van der Waals surface area contributed by atoms with Crippen molar-refractivity contribution in [2.45, 2.75) is 58.5 Å². The van der Waals surface area contributed by atoms with E-state index in [0.717, 1.165) is 30.3 Å². The molecule has 5 heteroatoms. The van der Waals surface area contributed by atoms with Crippen LogP contribution in [-0.2, 0) is 0 Å². The molecule has 0 saturated carbocycles. The molecule has 1 N–H and O–H groups in total. The maximum Gasteiger partial charge on any atom is 0.258 e. The average molecular weight is 354 g/mol. The summed E-state index contributed by atoms with van der Waals surface area (Å²) >= 11 is 3.43. The van der Waals surface area contributed by atoms with Crippen LogP contribution in [0.3, 0.4) is 0 Å². The number of nitrogens with one attached hydrogen (secondary N) is 1. The van der Waals surface area contributed by atoms with Crippen molar-refractivity contribution in [3.8, 4) is 0 Å². The number of halogens is 1. The predicted octanol–water partition coefficient (Wildman–Crippen LogP) is 4.07. The van der Waals surface area contributed by atoms with Crippen LogP contribution in [0, 0.1) is 0 Å². The SMILES string of the molecule is CCCNc1ncc(Br)cc1C(=O)N1[C@H](C)CCC[C@@H]1C. The van der Waals surface area contributed by atoms with Crippen LogP contribution in [0.15, 0.2) is 16.7 Å². The summed E-state index contributed by atoms with van der Waals surface area (Å²) in [6.07, 6.45) is 6.09. The summed E-state index contributed by atoms with van der Waals surface area (Å²) < 4.78 is 0.838. The van der Waals surface area contributed by atoms with Crippen molar-refractivity contribution in [1.82, 2.24) is 9.88 Å². The monoisotopic (exact) mass is 353 g/mol. The molecule has 1 aromatic heterocycles. The Hall–Kier alpha value is -1.10. The quantitative estimate of drug-likeness (QED) is 0.887. The van der Waals surface area contributed by atoms with Gasteiger partial charge in [-0.25, -0.2) is 4.98 Å². The van der Waals surface area contributed by atoms with Gasteiger partial charge in [-0.05, 0) is 61.5 Å². The maximum absolute atomic E-state index is 13.0. The molecule has 1 saturated heterocycles. The molecule has 0 aromatic carbocycles. The van der Waals surface area contributed by atoms with E-state index in [9.17, 15) is 4.79 Å². The Morgan fingerprint density at radius 2 is 2.10 bits per heavy atom. The number of carbonyl (C=O) groups is 1. The molecule has 4 nitrogen and oxygen atoms in total. The Bertz CT molecular complexity index is 496. The van der Waals surface area contributed by atoms with E-state index in [2.05, 4.69) is 47.0 Å². The summed E-state index contributed by atoms with van der Waals surface area (Å²) in [5.74, 6) is 0.775. The van der Waals surface area contributed by atoms with Crippen molar-refractivity contribution >= 4 is 27.7 Å². The Balaban J connectivity index is 2.30. The lowest BCUT2D eigenvalue weighted by Crippen LogP contribution is -2.47. The van der Waals surface area contributed by atoms with Gasteiger partial charge in [0.2, 0.25) is 0 Å². The summed E-state index contributed by atoms with van der Waals surface area (Å²) in [4.78, 5) is 19.4. The molecular formula is C16H24BrN3O. The first-order valence-electron chi connectivity index (χ1n) is 7.76. The molecular weight excluding hydrogens is 330 g/mol. The van der Waals surface area contributed by atoms with E-state index in [1.807, 2.05) is 11.0 Å². The van der Waals surface area contributed by atoms with Crippen molar-refractivity contribution in [1.29, 1.82) is 0 Å². The van der Waals surface area contributed by atoms with Gasteiger partial charge in [-0.15, -0.1) is 0 Å². The van der Waals surface area contributed by atoms with Crippen LogP contribution in [0.2, 0.25) is 0 Å². The maximum atomic E-state index is 13.0. The molecule has 0 radical (unpaired) electrons. The number of piperidine rings is 1. The minimum Gasteiger partial charge on any atom is -0.369 e. The molecule has 0 spiro atoms. The third-order valence-electron chi connectivity index (χ3n) is 4.06. The number of aromatic nitrogens is 1. The molecule has 2 rings (SSSR count). The zero-order valence-corrected chi connectivity index (χ0v) is 14.6. The Labute approximate surface area is 135 Å². The van der Waals surface area contributed by atoms with Crippen LogP contribution in [0.1, 0.15) is 56.8 Å². The van der Waals surface area contributed by atoms with Crippen LogP contribution in [0.5, 0.6) is 0 Å². The van der Waals surface area contributed by atoms with Crippen LogP contribution < -0.4 is 5.32 Å². The summed E-state index contributed by atoms with van der Waals surface area (Å²) in [7, 11) is 0. The molecule has 0 aliphatic carbocycles. The molecule has 0 unspecified atom stereocenters. The number of amides is 1. The summed E-state index contributed by atoms with van der Waals surface area (Å²) in [6, 6.07) is 2.46. The number of nitrogens with zero attached hydrogens (tertiary/aromatic N) is 2. The number of carbonyl (C=O) groups excluding carboxylic acids is 1. The van der Waals surface area contributed by atoms with Gasteiger partial charge in [0.25, 0.3) is 5.91 Å². The molecule has 1 aliphatic heterocycles. The van der Waals surface area contributed by atoms with Crippen molar-refractivity contribution in [2.24, 2.45) is 0 Å². The smallest absolute Gasteiger partial charge is 0.258 e. The number of anilines is 1. The lowest BCUT2D eigenvalue weighted by molar-refractivity contribution is 0.0511. The summed E-state index contributed by atoms with van der Waals surface area (Å²) in [5, 5.41) is 3.26. The second-order valence-electron chi connectivity index (χ2n) is 5.82. The minimum atomic E-state index is 0.0853. The number of hydrogen-bond acceptors (Lipinski definition) is 3. The normalized spacial score (nSPS) is 22.2. The average Bonchev–Trinajstić information content (AvgIpc) is 2.45. The molecule has 1 amide bonds. The Morgan fingerprint density at radius 1 is 1.43 bits per heavy atom. The number of rotatable bonds is 4.